The second kappa shape index (κ2) is 5.90. The standard InChI is InChI=1S/C12H9BrClN5S/c13-10-5-9(20-11(10)14)6-15-8-3-1-2-7(4-8)12-16-18-19-17-12/h1-5,15H,6H2,(H,16,17,18,19). The van der Waals surface area contributed by atoms with Gasteiger partial charge in [0.1, 0.15) is 4.34 Å². The predicted molar refractivity (Wildman–Crippen MR) is 84.0 cm³/mol. The van der Waals surface area contributed by atoms with E-state index in [0.717, 1.165) is 24.9 Å². The van der Waals surface area contributed by atoms with Crippen LogP contribution in [-0.4, -0.2) is 20.6 Å². The first-order chi connectivity index (χ1) is 9.72. The maximum absolute atomic E-state index is 6.02. The average molecular weight is 371 g/mol. The largest absolute Gasteiger partial charge is 0.380 e. The Hall–Kier alpha value is -1.44. The molecule has 20 heavy (non-hydrogen) atoms. The summed E-state index contributed by atoms with van der Waals surface area (Å²) in [4.78, 5) is 1.16. The Bertz CT molecular complexity index is 693. The van der Waals surface area contributed by atoms with Crippen molar-refractivity contribution < 1.29 is 0 Å². The van der Waals surface area contributed by atoms with Crippen LogP contribution in [0.3, 0.4) is 0 Å². The summed E-state index contributed by atoms with van der Waals surface area (Å²) in [5, 5.41) is 17.3. The normalized spacial score (nSPS) is 10.7. The van der Waals surface area contributed by atoms with E-state index >= 15 is 0 Å². The third-order valence-electron chi connectivity index (χ3n) is 2.63. The van der Waals surface area contributed by atoms with Crippen molar-refractivity contribution in [1.82, 2.24) is 20.6 Å². The third-order valence-corrected chi connectivity index (χ3v) is 5.10. The van der Waals surface area contributed by atoms with Gasteiger partial charge in [0.2, 0.25) is 5.82 Å². The van der Waals surface area contributed by atoms with Crippen LogP contribution in [0.1, 0.15) is 4.88 Å². The van der Waals surface area contributed by atoms with Crippen LogP contribution in [0.2, 0.25) is 4.34 Å². The second-order valence-corrected chi connectivity index (χ2v) is 6.60. The zero-order chi connectivity index (χ0) is 13.9. The Morgan fingerprint density at radius 2 is 2.25 bits per heavy atom. The quantitative estimate of drug-likeness (QED) is 0.729. The zero-order valence-corrected chi connectivity index (χ0v) is 13.3. The van der Waals surface area contributed by atoms with E-state index in [-0.39, 0.29) is 0 Å². The van der Waals surface area contributed by atoms with Crippen molar-refractivity contribution >= 4 is 44.6 Å². The Morgan fingerprint density at radius 3 is 2.95 bits per heavy atom. The van der Waals surface area contributed by atoms with Crippen molar-refractivity contribution in [3.05, 3.63) is 44.0 Å². The molecule has 0 amide bonds. The molecule has 0 saturated heterocycles. The van der Waals surface area contributed by atoms with Crippen LogP contribution in [-0.2, 0) is 6.54 Å². The fourth-order valence-electron chi connectivity index (χ4n) is 1.72. The van der Waals surface area contributed by atoms with Crippen LogP contribution in [0, 0.1) is 0 Å². The maximum Gasteiger partial charge on any atom is 0.204 e. The van der Waals surface area contributed by atoms with E-state index in [1.54, 1.807) is 11.3 Å². The van der Waals surface area contributed by atoms with E-state index in [2.05, 4.69) is 41.9 Å². The van der Waals surface area contributed by atoms with E-state index in [9.17, 15) is 0 Å². The van der Waals surface area contributed by atoms with Crippen molar-refractivity contribution in [3.8, 4) is 11.4 Å². The number of thiophene rings is 1. The molecule has 2 N–H and O–H groups in total. The monoisotopic (exact) mass is 369 g/mol. The number of aromatic nitrogens is 4. The SMILES string of the molecule is Clc1sc(CNc2cccc(-c3nn[nH]n3)c2)cc1Br. The van der Waals surface area contributed by atoms with Crippen LogP contribution in [0.5, 0.6) is 0 Å². The van der Waals surface area contributed by atoms with Crippen LogP contribution >= 0.6 is 38.9 Å². The number of nitrogens with one attached hydrogen (secondary N) is 2. The van der Waals surface area contributed by atoms with E-state index in [0.29, 0.717) is 12.4 Å². The Kier molecular flexibility index (Phi) is 4.00. The molecule has 102 valence electrons. The van der Waals surface area contributed by atoms with Crippen molar-refractivity contribution in [2.24, 2.45) is 0 Å². The van der Waals surface area contributed by atoms with Gasteiger partial charge in [0, 0.05) is 27.1 Å². The molecule has 0 unspecified atom stereocenters. The first-order valence-electron chi connectivity index (χ1n) is 5.74. The molecule has 3 aromatic rings. The van der Waals surface area contributed by atoms with Gasteiger partial charge in [0.25, 0.3) is 0 Å². The van der Waals surface area contributed by atoms with Gasteiger partial charge in [-0.1, -0.05) is 23.7 Å². The highest BCUT2D eigenvalue weighted by Crippen LogP contribution is 2.32. The molecule has 0 fully saturated rings. The number of hydrogen-bond acceptors (Lipinski definition) is 5. The van der Waals surface area contributed by atoms with Crippen molar-refractivity contribution in [3.63, 3.8) is 0 Å². The Morgan fingerprint density at radius 1 is 1.35 bits per heavy atom. The van der Waals surface area contributed by atoms with E-state index < -0.39 is 0 Å². The van der Waals surface area contributed by atoms with Gasteiger partial charge >= 0.3 is 0 Å². The van der Waals surface area contributed by atoms with Gasteiger partial charge in [0.15, 0.2) is 0 Å². The van der Waals surface area contributed by atoms with E-state index in [1.807, 2.05) is 30.3 Å². The van der Waals surface area contributed by atoms with Crippen LogP contribution in [0.4, 0.5) is 5.69 Å². The van der Waals surface area contributed by atoms with E-state index in [1.165, 1.54) is 0 Å². The molecule has 5 nitrogen and oxygen atoms in total. The smallest absolute Gasteiger partial charge is 0.204 e. The van der Waals surface area contributed by atoms with Gasteiger partial charge in [-0.15, -0.1) is 21.5 Å². The van der Waals surface area contributed by atoms with E-state index in [4.69, 9.17) is 11.6 Å². The summed E-state index contributed by atoms with van der Waals surface area (Å²) in [6.45, 7) is 0.714. The number of tetrazole rings is 1. The molecule has 2 aromatic heterocycles. The molecule has 0 aliphatic rings. The fraction of sp³-hybridized carbons (Fsp3) is 0.0833. The predicted octanol–water partition coefficient (Wildman–Crippen LogP) is 3.96. The molecule has 0 saturated carbocycles. The van der Waals surface area contributed by atoms with Crippen molar-refractivity contribution in [1.29, 1.82) is 0 Å². The molecule has 8 heteroatoms. The molecule has 0 aliphatic carbocycles. The van der Waals surface area contributed by atoms with Crippen LogP contribution < -0.4 is 5.32 Å². The van der Waals surface area contributed by atoms with Gasteiger partial charge in [-0.2, -0.15) is 5.21 Å². The minimum Gasteiger partial charge on any atom is -0.380 e. The molecular formula is C12H9BrClN5S. The summed E-state index contributed by atoms with van der Waals surface area (Å²) < 4.78 is 1.70. The minimum absolute atomic E-state index is 0.579. The number of nitrogens with zero attached hydrogens (tertiary/aromatic N) is 3. The minimum atomic E-state index is 0.579. The molecule has 0 spiro atoms. The summed E-state index contributed by atoms with van der Waals surface area (Å²) in [7, 11) is 0. The maximum atomic E-state index is 6.02. The summed E-state index contributed by atoms with van der Waals surface area (Å²) >= 11 is 11.0. The topological polar surface area (TPSA) is 66.5 Å². The first-order valence-corrected chi connectivity index (χ1v) is 7.72. The number of anilines is 1. The molecule has 0 bridgehead atoms. The zero-order valence-electron chi connectivity index (χ0n) is 10.1. The van der Waals surface area contributed by atoms with Crippen molar-refractivity contribution in [2.75, 3.05) is 5.32 Å². The van der Waals surface area contributed by atoms with Gasteiger partial charge in [0.05, 0.1) is 0 Å². The number of H-pyrrole nitrogens is 1. The number of benzene rings is 1. The number of hydrogen-bond donors (Lipinski definition) is 2. The molecule has 1 aromatic carbocycles. The molecule has 0 aliphatic heterocycles. The van der Waals surface area contributed by atoms with Crippen LogP contribution in [0.15, 0.2) is 34.8 Å². The van der Waals surface area contributed by atoms with Crippen LogP contribution in [0.25, 0.3) is 11.4 Å². The number of aromatic amines is 1. The Balaban J connectivity index is 1.73. The lowest BCUT2D eigenvalue weighted by molar-refractivity contribution is 0.881. The lowest BCUT2D eigenvalue weighted by Crippen LogP contribution is -1.97. The van der Waals surface area contributed by atoms with Gasteiger partial charge in [-0.25, -0.2) is 0 Å². The summed E-state index contributed by atoms with van der Waals surface area (Å²) in [6.07, 6.45) is 0. The lowest BCUT2D eigenvalue weighted by Gasteiger charge is -2.05. The molecule has 0 radical (unpaired) electrons. The number of rotatable bonds is 4. The molecule has 0 atom stereocenters. The Labute approximate surface area is 132 Å². The number of halogens is 2. The van der Waals surface area contributed by atoms with Gasteiger partial charge in [-0.3, -0.25) is 0 Å². The van der Waals surface area contributed by atoms with Crippen molar-refractivity contribution in [2.45, 2.75) is 6.54 Å². The van der Waals surface area contributed by atoms with Gasteiger partial charge < -0.3 is 5.32 Å². The molecule has 2 heterocycles. The average Bonchev–Trinajstić information content (AvgIpc) is 3.08. The highest BCUT2D eigenvalue weighted by Gasteiger charge is 2.06. The molecule has 3 rings (SSSR count). The van der Waals surface area contributed by atoms with Gasteiger partial charge in [-0.05, 0) is 39.3 Å². The first kappa shape index (κ1) is 13.5. The highest BCUT2D eigenvalue weighted by atomic mass is 79.9. The molecular weight excluding hydrogens is 362 g/mol. The summed E-state index contributed by atoms with van der Waals surface area (Å²) in [5.41, 5.74) is 1.90. The summed E-state index contributed by atoms with van der Waals surface area (Å²) in [5.74, 6) is 0.579. The highest BCUT2D eigenvalue weighted by molar-refractivity contribution is 9.10. The fourth-order valence-corrected chi connectivity index (χ4v) is 3.45. The summed E-state index contributed by atoms with van der Waals surface area (Å²) in [6, 6.07) is 9.88. The second-order valence-electron chi connectivity index (χ2n) is 4.00. The third kappa shape index (κ3) is 3.00. The lowest BCUT2D eigenvalue weighted by atomic mass is 10.2.